The third-order valence-corrected chi connectivity index (χ3v) is 8.08. The number of methoxy groups -OCH3 is 1. The van der Waals surface area contributed by atoms with Crippen LogP contribution < -0.4 is 15.0 Å². The first kappa shape index (κ1) is 28.0. The van der Waals surface area contributed by atoms with Crippen LogP contribution in [0, 0.1) is 0 Å². The average Bonchev–Trinajstić information content (AvgIpc) is 3.22. The number of ether oxygens (including phenoxy) is 1. The second kappa shape index (κ2) is 11.4. The molecule has 2 amide bonds. The molecule has 0 aliphatic carbocycles. The van der Waals surface area contributed by atoms with Crippen LogP contribution in [0.1, 0.15) is 63.1 Å². The van der Waals surface area contributed by atoms with E-state index in [4.69, 9.17) is 21.4 Å². The summed E-state index contributed by atoms with van der Waals surface area (Å²) in [5.74, 6) is 1.20. The van der Waals surface area contributed by atoms with Gasteiger partial charge in [0.25, 0.3) is 0 Å². The fraction of sp³-hybridized carbons (Fsp3) is 0.414. The zero-order chi connectivity index (χ0) is 27.6. The Morgan fingerprint density at radius 2 is 1.95 bits per heavy atom. The van der Waals surface area contributed by atoms with Crippen LogP contribution in [-0.4, -0.2) is 47.0 Å². The lowest BCUT2D eigenvalue weighted by Gasteiger charge is -2.25. The molecule has 1 N–H and O–H groups in total. The van der Waals surface area contributed by atoms with Crippen molar-refractivity contribution in [3.05, 3.63) is 70.4 Å². The molecule has 0 fully saturated rings. The van der Waals surface area contributed by atoms with E-state index in [1.54, 1.807) is 16.7 Å². The average molecular weight is 555 g/mol. The molecule has 1 aliphatic rings. The highest BCUT2D eigenvalue weighted by Crippen LogP contribution is 2.48. The van der Waals surface area contributed by atoms with E-state index in [9.17, 15) is 9.59 Å². The predicted molar refractivity (Wildman–Crippen MR) is 155 cm³/mol. The van der Waals surface area contributed by atoms with Crippen molar-refractivity contribution in [2.45, 2.75) is 57.7 Å². The Balaban J connectivity index is 1.98. The van der Waals surface area contributed by atoms with Gasteiger partial charge in [0.15, 0.2) is 0 Å². The number of carbonyl (C=O) groups excluding carboxylic acids is 2. The van der Waals surface area contributed by atoms with E-state index in [0.29, 0.717) is 10.8 Å². The number of halogens is 1. The van der Waals surface area contributed by atoms with Crippen LogP contribution in [0.15, 0.2) is 48.5 Å². The second-order valence-electron chi connectivity index (χ2n) is 10.5. The van der Waals surface area contributed by atoms with Gasteiger partial charge < -0.3 is 10.1 Å². The molecule has 38 heavy (non-hydrogen) atoms. The summed E-state index contributed by atoms with van der Waals surface area (Å²) >= 11 is 7.94. The lowest BCUT2D eigenvalue weighted by Crippen LogP contribution is -2.44. The summed E-state index contributed by atoms with van der Waals surface area (Å²) < 4.78 is 7.16. The summed E-state index contributed by atoms with van der Waals surface area (Å²) in [6.07, 6.45) is 0.801. The van der Waals surface area contributed by atoms with Gasteiger partial charge in [-0.3, -0.25) is 14.5 Å². The Labute approximate surface area is 233 Å². The molecule has 202 valence electrons. The maximum Gasteiger partial charge on any atom is 0.240 e. The minimum absolute atomic E-state index is 0.00858. The summed E-state index contributed by atoms with van der Waals surface area (Å²) in [7, 11) is 1.62. The van der Waals surface area contributed by atoms with Crippen LogP contribution in [0.3, 0.4) is 0 Å². The van der Waals surface area contributed by atoms with Gasteiger partial charge in [0, 0.05) is 22.0 Å². The van der Waals surface area contributed by atoms with Crippen molar-refractivity contribution in [3.63, 3.8) is 0 Å². The normalized spacial score (nSPS) is 16.6. The van der Waals surface area contributed by atoms with Gasteiger partial charge in [0.05, 0.1) is 29.5 Å². The summed E-state index contributed by atoms with van der Waals surface area (Å²) in [5, 5.41) is 8.54. The van der Waals surface area contributed by atoms with Crippen molar-refractivity contribution >= 4 is 41.0 Å². The van der Waals surface area contributed by atoms with Crippen molar-refractivity contribution in [2.24, 2.45) is 0 Å². The maximum absolute atomic E-state index is 13.7. The van der Waals surface area contributed by atoms with Gasteiger partial charge in [-0.05, 0) is 55.3 Å². The molecule has 9 heteroatoms. The van der Waals surface area contributed by atoms with Gasteiger partial charge in [-0.1, -0.05) is 51.4 Å². The maximum atomic E-state index is 13.7. The van der Waals surface area contributed by atoms with Crippen molar-refractivity contribution in [1.29, 1.82) is 0 Å². The number of aromatic nitrogens is 2. The topological polar surface area (TPSA) is 76.5 Å². The number of fused-ring (bicyclic) bond motifs is 1. The molecular weight excluding hydrogens is 520 g/mol. The van der Waals surface area contributed by atoms with E-state index in [1.165, 1.54) is 11.8 Å². The number of nitrogens with zero attached hydrogens (tertiary/aromatic N) is 3. The minimum atomic E-state index is -0.336. The Kier molecular flexibility index (Phi) is 8.43. The highest BCUT2D eigenvalue weighted by Gasteiger charge is 2.40. The largest absolute Gasteiger partial charge is 0.497 e. The number of hydrogen-bond donors (Lipinski definition) is 1. The third-order valence-electron chi connectivity index (χ3n) is 6.59. The van der Waals surface area contributed by atoms with Crippen LogP contribution in [0.4, 0.5) is 5.82 Å². The van der Waals surface area contributed by atoms with Gasteiger partial charge in [-0.2, -0.15) is 5.10 Å². The fourth-order valence-electron chi connectivity index (χ4n) is 4.48. The Hall–Kier alpha value is -2.97. The molecule has 1 aromatic heterocycles. The van der Waals surface area contributed by atoms with Gasteiger partial charge in [-0.25, -0.2) is 4.68 Å². The minimum Gasteiger partial charge on any atom is -0.497 e. The molecule has 0 saturated heterocycles. The van der Waals surface area contributed by atoms with Gasteiger partial charge in [-0.15, -0.1) is 11.8 Å². The number of rotatable bonds is 7. The molecule has 2 atom stereocenters. The molecule has 2 aromatic carbocycles. The molecule has 0 saturated carbocycles. The first-order valence-corrected chi connectivity index (χ1v) is 14.2. The SMILES string of the molecule is CC[C@@H](C)NC(=O)CN1C(=O)CS[C@H](c2cccc(Cl)c2)c2c(C(C)(C)C)nn(-c3ccc(OC)cc3)c21. The van der Waals surface area contributed by atoms with E-state index in [1.807, 2.05) is 62.4 Å². The van der Waals surface area contributed by atoms with Crippen LogP contribution in [0.5, 0.6) is 5.75 Å². The van der Waals surface area contributed by atoms with E-state index >= 15 is 0 Å². The number of carbonyl (C=O) groups is 2. The van der Waals surface area contributed by atoms with Crippen molar-refractivity contribution in [2.75, 3.05) is 24.3 Å². The van der Waals surface area contributed by atoms with Crippen molar-refractivity contribution in [3.8, 4) is 11.4 Å². The number of thioether (sulfide) groups is 1. The molecule has 0 radical (unpaired) electrons. The summed E-state index contributed by atoms with van der Waals surface area (Å²) in [4.78, 5) is 28.4. The monoisotopic (exact) mass is 554 g/mol. The number of hydrogen-bond acceptors (Lipinski definition) is 5. The van der Waals surface area contributed by atoms with Crippen LogP contribution in [0.2, 0.25) is 5.02 Å². The Bertz CT molecular complexity index is 1320. The van der Waals surface area contributed by atoms with Crippen molar-refractivity contribution < 1.29 is 14.3 Å². The Morgan fingerprint density at radius 3 is 2.55 bits per heavy atom. The number of amides is 2. The third kappa shape index (κ3) is 5.86. The zero-order valence-corrected chi connectivity index (χ0v) is 24.3. The van der Waals surface area contributed by atoms with Gasteiger partial charge in [0.1, 0.15) is 18.1 Å². The summed E-state index contributed by atoms with van der Waals surface area (Å²) in [6, 6.07) is 15.3. The quantitative estimate of drug-likeness (QED) is 0.392. The first-order chi connectivity index (χ1) is 18.0. The zero-order valence-electron chi connectivity index (χ0n) is 22.7. The smallest absolute Gasteiger partial charge is 0.240 e. The highest BCUT2D eigenvalue weighted by molar-refractivity contribution is 8.00. The molecule has 7 nitrogen and oxygen atoms in total. The summed E-state index contributed by atoms with van der Waals surface area (Å²) in [5.41, 5.74) is 3.21. The molecular formula is C29H35ClN4O3S. The first-order valence-electron chi connectivity index (χ1n) is 12.8. The van der Waals surface area contributed by atoms with Crippen molar-refractivity contribution in [1.82, 2.24) is 15.1 Å². The standard InChI is InChI=1S/C29H35ClN4O3S/c1-7-18(2)31-23(35)16-33-24(36)17-38-26(19-9-8-10-20(30)15-19)25-27(29(3,4)5)32-34(28(25)33)21-11-13-22(37-6)14-12-21/h8-15,18,26H,7,16-17H2,1-6H3,(H,31,35)/t18-,26-/m1/s1. The highest BCUT2D eigenvalue weighted by atomic mass is 35.5. The predicted octanol–water partition coefficient (Wildman–Crippen LogP) is 5.92. The fourth-order valence-corrected chi connectivity index (χ4v) is 5.86. The van der Waals surface area contributed by atoms with E-state index in [2.05, 4.69) is 26.1 Å². The molecule has 4 rings (SSSR count). The van der Waals surface area contributed by atoms with Gasteiger partial charge >= 0.3 is 0 Å². The molecule has 2 heterocycles. The van der Waals surface area contributed by atoms with Crippen LogP contribution >= 0.6 is 23.4 Å². The number of anilines is 1. The number of nitrogens with one attached hydrogen (secondary N) is 1. The molecule has 0 unspecified atom stereocenters. The number of benzene rings is 2. The lowest BCUT2D eigenvalue weighted by atomic mass is 9.87. The molecule has 3 aromatic rings. The van der Waals surface area contributed by atoms with E-state index in [0.717, 1.165) is 34.7 Å². The molecule has 0 spiro atoms. The summed E-state index contributed by atoms with van der Waals surface area (Å²) in [6.45, 7) is 10.2. The molecule has 1 aliphatic heterocycles. The van der Waals surface area contributed by atoms with E-state index < -0.39 is 0 Å². The lowest BCUT2D eigenvalue weighted by molar-refractivity contribution is -0.123. The Morgan fingerprint density at radius 1 is 1.24 bits per heavy atom. The second-order valence-corrected chi connectivity index (χ2v) is 12.1. The van der Waals surface area contributed by atoms with Crippen LogP contribution in [-0.2, 0) is 15.0 Å². The molecule has 0 bridgehead atoms. The van der Waals surface area contributed by atoms with E-state index in [-0.39, 0.29) is 40.8 Å². The van der Waals surface area contributed by atoms with Crippen LogP contribution in [0.25, 0.3) is 5.69 Å². The van der Waals surface area contributed by atoms with Gasteiger partial charge in [0.2, 0.25) is 11.8 Å².